The van der Waals surface area contributed by atoms with Crippen LogP contribution in [0.1, 0.15) is 5.82 Å². The molecule has 2 N–H and O–H groups in total. The van der Waals surface area contributed by atoms with Crippen LogP contribution < -0.4 is 15.6 Å². The summed E-state index contributed by atoms with van der Waals surface area (Å²) in [7, 11) is 1.64. The first-order chi connectivity index (χ1) is 14.2. The number of methoxy groups -OCH3 is 1. The Kier molecular flexibility index (Phi) is 5.93. The minimum Gasteiger partial charge on any atom is -0.497 e. The van der Waals surface area contributed by atoms with E-state index in [1.807, 2.05) is 30.3 Å². The maximum Gasteiger partial charge on any atom is 0.268 e. The molecule has 3 aromatic heterocycles. The predicted octanol–water partition coefficient (Wildman–Crippen LogP) is 4.40. The Morgan fingerprint density at radius 2 is 2.10 bits per heavy atom. The Labute approximate surface area is 178 Å². The molecule has 0 saturated heterocycles. The molecule has 0 unspecified atom stereocenters. The molecule has 7 nitrogen and oxygen atoms in total. The molecule has 0 radical (unpaired) electrons. The molecule has 0 aliphatic rings. The second-order valence-corrected chi connectivity index (χ2v) is 9.15. The normalized spacial score (nSPS) is 10.9. The van der Waals surface area contributed by atoms with E-state index in [1.165, 1.54) is 34.4 Å². The Balaban J connectivity index is 1.52. The zero-order valence-corrected chi connectivity index (χ0v) is 17.9. The molecule has 0 aliphatic heterocycles. The van der Waals surface area contributed by atoms with Crippen molar-refractivity contribution >= 4 is 49.8 Å². The van der Waals surface area contributed by atoms with Gasteiger partial charge in [0.2, 0.25) is 5.13 Å². The summed E-state index contributed by atoms with van der Waals surface area (Å²) in [6, 6.07) is 9.71. The molecule has 0 spiro atoms. The van der Waals surface area contributed by atoms with E-state index in [0.29, 0.717) is 28.3 Å². The molecule has 29 heavy (non-hydrogen) atoms. The van der Waals surface area contributed by atoms with Gasteiger partial charge in [0.1, 0.15) is 16.3 Å². The number of aromatic nitrogens is 4. The van der Waals surface area contributed by atoms with Crippen molar-refractivity contribution in [3.8, 4) is 16.2 Å². The maximum absolute atomic E-state index is 12.5. The van der Waals surface area contributed by atoms with Gasteiger partial charge < -0.3 is 15.0 Å². The van der Waals surface area contributed by atoms with Crippen LogP contribution in [0.4, 0.5) is 5.13 Å². The number of anilines is 1. The van der Waals surface area contributed by atoms with Crippen molar-refractivity contribution < 1.29 is 4.74 Å². The first kappa shape index (κ1) is 19.6. The highest BCUT2D eigenvalue weighted by Crippen LogP contribution is 2.32. The van der Waals surface area contributed by atoms with Crippen LogP contribution in [0.15, 0.2) is 52.1 Å². The van der Waals surface area contributed by atoms with Gasteiger partial charge in [-0.2, -0.15) is 0 Å². The molecule has 0 bridgehead atoms. The molecule has 4 rings (SSSR count). The average molecular weight is 444 g/mol. The van der Waals surface area contributed by atoms with Gasteiger partial charge >= 0.3 is 0 Å². The van der Waals surface area contributed by atoms with Crippen LogP contribution in [0.5, 0.6) is 5.75 Å². The van der Waals surface area contributed by atoms with E-state index in [1.54, 1.807) is 13.2 Å². The largest absolute Gasteiger partial charge is 0.497 e. The van der Waals surface area contributed by atoms with Crippen molar-refractivity contribution in [2.45, 2.75) is 10.1 Å². The Hall–Kier alpha value is -2.69. The van der Waals surface area contributed by atoms with Gasteiger partial charge in [0.05, 0.1) is 18.4 Å². The summed E-state index contributed by atoms with van der Waals surface area (Å²) in [5.74, 6) is 1.92. The Morgan fingerprint density at radius 1 is 1.28 bits per heavy atom. The lowest BCUT2D eigenvalue weighted by molar-refractivity contribution is 0.415. The summed E-state index contributed by atoms with van der Waals surface area (Å²) in [6.45, 7) is 4.30. The topological polar surface area (TPSA) is 92.8 Å². The lowest BCUT2D eigenvalue weighted by atomic mass is 10.2. The second-order valence-electron chi connectivity index (χ2n) is 5.90. The number of aromatic amines is 1. The molecule has 10 heteroatoms. The first-order valence-corrected chi connectivity index (χ1v) is 11.3. The fraction of sp³-hybridized carbons (Fsp3) is 0.158. The summed E-state index contributed by atoms with van der Waals surface area (Å²) < 4.78 is 6.63. The van der Waals surface area contributed by atoms with E-state index in [4.69, 9.17) is 4.74 Å². The number of thioether (sulfide) groups is 1. The number of hydrogen-bond donors (Lipinski definition) is 2. The van der Waals surface area contributed by atoms with E-state index in [9.17, 15) is 4.79 Å². The monoisotopic (exact) mass is 443 g/mol. The predicted molar refractivity (Wildman–Crippen MR) is 120 cm³/mol. The van der Waals surface area contributed by atoms with Crippen LogP contribution in [0.3, 0.4) is 0 Å². The number of hydrogen-bond acceptors (Lipinski definition) is 9. The summed E-state index contributed by atoms with van der Waals surface area (Å²) in [4.78, 5) is 21.0. The van der Waals surface area contributed by atoms with Gasteiger partial charge in [-0.3, -0.25) is 4.79 Å². The molecule has 1 aromatic carbocycles. The number of fused-ring (bicyclic) bond motifs is 1. The Morgan fingerprint density at radius 3 is 2.86 bits per heavy atom. The lowest BCUT2D eigenvalue weighted by Crippen LogP contribution is -2.09. The molecular formula is C19H17N5O2S3. The molecule has 148 valence electrons. The summed E-state index contributed by atoms with van der Waals surface area (Å²) in [5.41, 5.74) is 1.60. The second kappa shape index (κ2) is 8.76. The highest BCUT2D eigenvalue weighted by molar-refractivity contribution is 8.00. The van der Waals surface area contributed by atoms with Crippen LogP contribution in [0, 0.1) is 0 Å². The highest BCUT2D eigenvalue weighted by Gasteiger charge is 2.12. The summed E-state index contributed by atoms with van der Waals surface area (Å²) in [5, 5.41) is 12.1. The number of thiophene rings is 1. The van der Waals surface area contributed by atoms with Crippen LogP contribution in [0.2, 0.25) is 0 Å². The Bertz CT molecular complexity index is 1200. The summed E-state index contributed by atoms with van der Waals surface area (Å²) in [6.07, 6.45) is 1.76. The zero-order chi connectivity index (χ0) is 20.2. The molecule has 0 fully saturated rings. The minimum absolute atomic E-state index is 0.124. The number of nitrogens with zero attached hydrogens (tertiary/aromatic N) is 3. The van der Waals surface area contributed by atoms with Crippen molar-refractivity contribution in [2.75, 3.05) is 19.0 Å². The van der Waals surface area contributed by atoms with Gasteiger partial charge in [0, 0.05) is 11.4 Å². The van der Waals surface area contributed by atoms with Crippen molar-refractivity contribution in [1.82, 2.24) is 20.2 Å². The fourth-order valence-electron chi connectivity index (χ4n) is 2.58. The van der Waals surface area contributed by atoms with Gasteiger partial charge in [-0.25, -0.2) is 4.98 Å². The third-order valence-electron chi connectivity index (χ3n) is 3.94. The maximum atomic E-state index is 12.5. The number of ether oxygens (including phenoxy) is 1. The first-order valence-electron chi connectivity index (χ1n) is 8.64. The number of H-pyrrole nitrogens is 1. The van der Waals surface area contributed by atoms with Crippen molar-refractivity contribution in [3.63, 3.8) is 0 Å². The molecule has 0 atom stereocenters. The van der Waals surface area contributed by atoms with Gasteiger partial charge in [-0.05, 0) is 35.9 Å². The smallest absolute Gasteiger partial charge is 0.268 e. The van der Waals surface area contributed by atoms with E-state index in [0.717, 1.165) is 25.7 Å². The van der Waals surface area contributed by atoms with Crippen molar-refractivity contribution in [3.05, 3.63) is 59.2 Å². The van der Waals surface area contributed by atoms with E-state index in [-0.39, 0.29) is 5.56 Å². The van der Waals surface area contributed by atoms with Gasteiger partial charge in [-0.15, -0.1) is 28.1 Å². The zero-order valence-electron chi connectivity index (χ0n) is 15.5. The molecule has 3 heterocycles. The van der Waals surface area contributed by atoms with Gasteiger partial charge in [0.15, 0.2) is 4.34 Å². The lowest BCUT2D eigenvalue weighted by Gasteiger charge is -2.00. The fourth-order valence-corrected chi connectivity index (χ4v) is 5.21. The van der Waals surface area contributed by atoms with Gasteiger partial charge in [0.25, 0.3) is 5.56 Å². The quantitative estimate of drug-likeness (QED) is 0.308. The standard InChI is InChI=1S/C19H17N5O2S3/c1-3-8-20-18-23-24-19(29-18)27-10-15-21-13-9-14(28-16(13)17(25)22-15)11-4-6-12(26-2)7-5-11/h3-7,9H,1,8,10H2,2H3,(H,20,23)(H,21,22,25). The van der Waals surface area contributed by atoms with E-state index < -0.39 is 0 Å². The molecule has 0 amide bonds. The van der Waals surface area contributed by atoms with Crippen LogP contribution in [-0.2, 0) is 5.75 Å². The molecule has 0 aliphatic carbocycles. The third-order valence-corrected chi connectivity index (χ3v) is 7.14. The van der Waals surface area contributed by atoms with Gasteiger partial charge in [-0.1, -0.05) is 29.2 Å². The number of benzene rings is 1. The van der Waals surface area contributed by atoms with Crippen LogP contribution in [0.25, 0.3) is 20.7 Å². The molecular weight excluding hydrogens is 426 g/mol. The van der Waals surface area contributed by atoms with Crippen molar-refractivity contribution in [2.24, 2.45) is 0 Å². The van der Waals surface area contributed by atoms with E-state index >= 15 is 0 Å². The summed E-state index contributed by atoms with van der Waals surface area (Å²) >= 11 is 4.38. The van der Waals surface area contributed by atoms with E-state index in [2.05, 4.69) is 32.1 Å². The highest BCUT2D eigenvalue weighted by atomic mass is 32.2. The van der Waals surface area contributed by atoms with Crippen molar-refractivity contribution in [1.29, 1.82) is 0 Å². The number of nitrogens with one attached hydrogen (secondary N) is 2. The van der Waals surface area contributed by atoms with Crippen LogP contribution >= 0.6 is 34.4 Å². The number of rotatable bonds is 8. The minimum atomic E-state index is -0.124. The average Bonchev–Trinajstić information content (AvgIpc) is 3.38. The van der Waals surface area contributed by atoms with Crippen LogP contribution in [-0.4, -0.2) is 33.8 Å². The molecule has 4 aromatic rings. The third kappa shape index (κ3) is 4.50. The SMILES string of the molecule is C=CCNc1nnc(SCc2nc3cc(-c4ccc(OC)cc4)sc3c(=O)[nH]2)s1. The molecule has 0 saturated carbocycles.